The standard InChI is InChI=1S/C16H19ClN2O4S/c1-21-15-8-11(17)4-5-14(15)22-10-12-9-13(19-23-12)16(20)18-6-3-7-24-2/h4-5,8-9H,3,6-7,10H2,1-2H3,(H,18,20). The number of amides is 1. The van der Waals surface area contributed by atoms with E-state index < -0.39 is 0 Å². The normalized spacial score (nSPS) is 10.5. The highest BCUT2D eigenvalue weighted by Crippen LogP contribution is 2.30. The number of benzene rings is 1. The molecule has 1 aromatic carbocycles. The molecule has 1 N–H and O–H groups in total. The summed E-state index contributed by atoms with van der Waals surface area (Å²) in [5, 5.41) is 7.11. The van der Waals surface area contributed by atoms with Gasteiger partial charge in [0.2, 0.25) is 0 Å². The SMILES string of the molecule is COc1cc(Cl)ccc1OCc1cc(C(=O)NCCCSC)no1. The van der Waals surface area contributed by atoms with Crippen molar-refractivity contribution in [3.05, 3.63) is 40.7 Å². The van der Waals surface area contributed by atoms with E-state index in [2.05, 4.69) is 10.5 Å². The van der Waals surface area contributed by atoms with E-state index in [0.29, 0.717) is 28.8 Å². The van der Waals surface area contributed by atoms with Gasteiger partial charge < -0.3 is 19.3 Å². The lowest BCUT2D eigenvalue weighted by Crippen LogP contribution is -2.25. The topological polar surface area (TPSA) is 73.6 Å². The highest BCUT2D eigenvalue weighted by Gasteiger charge is 2.13. The lowest BCUT2D eigenvalue weighted by atomic mass is 10.3. The van der Waals surface area contributed by atoms with Crippen molar-refractivity contribution < 1.29 is 18.8 Å². The summed E-state index contributed by atoms with van der Waals surface area (Å²) in [5.41, 5.74) is 0.237. The Kier molecular flexibility index (Phi) is 7.27. The summed E-state index contributed by atoms with van der Waals surface area (Å²) >= 11 is 7.64. The monoisotopic (exact) mass is 370 g/mol. The molecule has 1 aromatic heterocycles. The number of hydrogen-bond donors (Lipinski definition) is 1. The van der Waals surface area contributed by atoms with Gasteiger partial charge in [-0.05, 0) is 30.6 Å². The third kappa shape index (κ3) is 5.35. The molecule has 1 amide bonds. The average molecular weight is 371 g/mol. The molecule has 130 valence electrons. The van der Waals surface area contributed by atoms with E-state index in [-0.39, 0.29) is 18.2 Å². The second-order valence-electron chi connectivity index (χ2n) is 4.86. The lowest BCUT2D eigenvalue weighted by Gasteiger charge is -2.09. The fourth-order valence-electron chi connectivity index (χ4n) is 1.91. The molecule has 2 rings (SSSR count). The van der Waals surface area contributed by atoms with E-state index >= 15 is 0 Å². The van der Waals surface area contributed by atoms with Crippen LogP contribution in [0.15, 0.2) is 28.8 Å². The minimum atomic E-state index is -0.254. The van der Waals surface area contributed by atoms with Crippen LogP contribution >= 0.6 is 23.4 Å². The molecule has 0 fully saturated rings. The van der Waals surface area contributed by atoms with E-state index in [1.807, 2.05) is 6.26 Å². The quantitative estimate of drug-likeness (QED) is 0.682. The maximum absolute atomic E-state index is 11.9. The zero-order valence-corrected chi connectivity index (χ0v) is 15.1. The van der Waals surface area contributed by atoms with Crippen molar-refractivity contribution in [2.24, 2.45) is 0 Å². The van der Waals surface area contributed by atoms with Crippen LogP contribution in [0.2, 0.25) is 5.02 Å². The molecule has 24 heavy (non-hydrogen) atoms. The van der Waals surface area contributed by atoms with Gasteiger partial charge in [-0.2, -0.15) is 11.8 Å². The summed E-state index contributed by atoms with van der Waals surface area (Å²) in [4.78, 5) is 11.9. The molecule has 0 aliphatic carbocycles. The summed E-state index contributed by atoms with van der Waals surface area (Å²) in [6, 6.07) is 6.63. The maximum atomic E-state index is 11.9. The van der Waals surface area contributed by atoms with Gasteiger partial charge in [0.25, 0.3) is 5.91 Å². The predicted molar refractivity (Wildman–Crippen MR) is 94.2 cm³/mol. The van der Waals surface area contributed by atoms with E-state index in [0.717, 1.165) is 12.2 Å². The van der Waals surface area contributed by atoms with Gasteiger partial charge in [0.05, 0.1) is 7.11 Å². The number of carbonyl (C=O) groups is 1. The first kappa shape index (κ1) is 18.5. The van der Waals surface area contributed by atoms with Crippen LogP contribution in [-0.4, -0.2) is 36.7 Å². The summed E-state index contributed by atoms with van der Waals surface area (Å²) in [7, 11) is 1.53. The smallest absolute Gasteiger partial charge is 0.273 e. The van der Waals surface area contributed by atoms with Crippen molar-refractivity contribution >= 4 is 29.3 Å². The van der Waals surface area contributed by atoms with Crippen LogP contribution < -0.4 is 14.8 Å². The Morgan fingerprint density at radius 2 is 2.21 bits per heavy atom. The van der Waals surface area contributed by atoms with Crippen LogP contribution in [0.25, 0.3) is 0 Å². The van der Waals surface area contributed by atoms with Crippen molar-refractivity contribution in [3.63, 3.8) is 0 Å². The molecular weight excluding hydrogens is 352 g/mol. The van der Waals surface area contributed by atoms with Crippen molar-refractivity contribution in [1.82, 2.24) is 10.5 Å². The van der Waals surface area contributed by atoms with Crippen LogP contribution in [0.5, 0.6) is 11.5 Å². The number of hydrogen-bond acceptors (Lipinski definition) is 6. The number of rotatable bonds is 9. The second kappa shape index (κ2) is 9.44. The molecule has 0 spiro atoms. The molecule has 8 heteroatoms. The number of nitrogens with zero attached hydrogens (tertiary/aromatic N) is 1. The molecule has 0 radical (unpaired) electrons. The summed E-state index contributed by atoms with van der Waals surface area (Å²) < 4.78 is 15.9. The number of carbonyl (C=O) groups excluding carboxylic acids is 1. The van der Waals surface area contributed by atoms with E-state index in [1.54, 1.807) is 36.0 Å². The highest BCUT2D eigenvalue weighted by molar-refractivity contribution is 7.98. The van der Waals surface area contributed by atoms with Crippen molar-refractivity contribution in [3.8, 4) is 11.5 Å². The molecule has 2 aromatic rings. The van der Waals surface area contributed by atoms with Gasteiger partial charge >= 0.3 is 0 Å². The molecule has 0 atom stereocenters. The Morgan fingerprint density at radius 3 is 2.96 bits per heavy atom. The Bertz CT molecular complexity index is 678. The van der Waals surface area contributed by atoms with Gasteiger partial charge in [0.15, 0.2) is 23.0 Å². The van der Waals surface area contributed by atoms with Crippen LogP contribution in [0.3, 0.4) is 0 Å². The second-order valence-corrected chi connectivity index (χ2v) is 6.29. The van der Waals surface area contributed by atoms with E-state index in [1.165, 1.54) is 7.11 Å². The predicted octanol–water partition coefficient (Wildman–Crippen LogP) is 3.40. The Labute approximate surface area is 149 Å². The molecular formula is C16H19ClN2O4S. The number of halogens is 1. The van der Waals surface area contributed by atoms with E-state index in [4.69, 9.17) is 25.6 Å². The highest BCUT2D eigenvalue weighted by atomic mass is 35.5. The third-order valence-electron chi connectivity index (χ3n) is 3.10. The first-order valence-electron chi connectivity index (χ1n) is 7.33. The minimum absolute atomic E-state index is 0.130. The van der Waals surface area contributed by atoms with Crippen molar-refractivity contribution in [2.75, 3.05) is 25.7 Å². The van der Waals surface area contributed by atoms with Crippen LogP contribution in [0.4, 0.5) is 0 Å². The maximum Gasteiger partial charge on any atom is 0.273 e. The molecule has 0 unspecified atom stereocenters. The largest absolute Gasteiger partial charge is 0.493 e. The number of methoxy groups -OCH3 is 1. The number of aromatic nitrogens is 1. The van der Waals surface area contributed by atoms with Crippen molar-refractivity contribution in [1.29, 1.82) is 0 Å². The van der Waals surface area contributed by atoms with Gasteiger partial charge in [0.1, 0.15) is 6.61 Å². The van der Waals surface area contributed by atoms with Gasteiger partial charge in [-0.15, -0.1) is 0 Å². The first-order chi connectivity index (χ1) is 11.6. The van der Waals surface area contributed by atoms with Crippen LogP contribution in [0.1, 0.15) is 22.7 Å². The zero-order valence-electron chi connectivity index (χ0n) is 13.5. The number of thioether (sulfide) groups is 1. The third-order valence-corrected chi connectivity index (χ3v) is 4.03. The summed E-state index contributed by atoms with van der Waals surface area (Å²) in [6.07, 6.45) is 2.94. The van der Waals surface area contributed by atoms with Crippen LogP contribution in [0, 0.1) is 0 Å². The minimum Gasteiger partial charge on any atom is -0.493 e. The molecule has 0 bridgehead atoms. The molecule has 0 aliphatic heterocycles. The number of nitrogens with one attached hydrogen (secondary N) is 1. The molecule has 0 saturated heterocycles. The van der Waals surface area contributed by atoms with Gasteiger partial charge in [-0.1, -0.05) is 16.8 Å². The Morgan fingerprint density at radius 1 is 1.38 bits per heavy atom. The molecule has 0 saturated carbocycles. The van der Waals surface area contributed by atoms with Gasteiger partial charge in [0, 0.05) is 23.7 Å². The summed E-state index contributed by atoms with van der Waals surface area (Å²) in [6.45, 7) is 0.741. The first-order valence-corrected chi connectivity index (χ1v) is 9.10. The van der Waals surface area contributed by atoms with Crippen LogP contribution in [-0.2, 0) is 6.61 Å². The fourth-order valence-corrected chi connectivity index (χ4v) is 2.50. The Balaban J connectivity index is 1.88. The Hall–Kier alpha value is -1.86. The van der Waals surface area contributed by atoms with Gasteiger partial charge in [-0.25, -0.2) is 0 Å². The lowest BCUT2D eigenvalue weighted by molar-refractivity contribution is 0.0944. The molecule has 0 aliphatic rings. The average Bonchev–Trinajstić information content (AvgIpc) is 3.06. The number of ether oxygens (including phenoxy) is 2. The molecule has 1 heterocycles. The van der Waals surface area contributed by atoms with E-state index in [9.17, 15) is 4.79 Å². The molecule has 6 nitrogen and oxygen atoms in total. The van der Waals surface area contributed by atoms with Gasteiger partial charge in [-0.3, -0.25) is 4.79 Å². The fraction of sp³-hybridized carbons (Fsp3) is 0.375. The summed E-state index contributed by atoms with van der Waals surface area (Å²) in [5.74, 6) is 2.24. The van der Waals surface area contributed by atoms with Crippen molar-refractivity contribution in [2.45, 2.75) is 13.0 Å². The zero-order chi connectivity index (χ0) is 17.4.